The van der Waals surface area contributed by atoms with Crippen LogP contribution in [-0.4, -0.2) is 39.7 Å². The highest BCUT2D eigenvalue weighted by Crippen LogP contribution is 2.28. The fraction of sp³-hybridized carbons (Fsp3) is 0.444. The molecule has 1 aliphatic rings. The Balaban J connectivity index is 0.00000208. The summed E-state index contributed by atoms with van der Waals surface area (Å²) in [5.74, 6) is 0.0775. The molecule has 0 aliphatic carbocycles. The topological polar surface area (TPSA) is 64.2 Å². The average Bonchev–Trinajstić information content (AvgIpc) is 2.95. The van der Waals surface area contributed by atoms with Crippen LogP contribution in [0.4, 0.5) is 0 Å². The highest BCUT2D eigenvalue weighted by molar-refractivity contribution is 5.94. The third kappa shape index (κ3) is 3.47. The van der Waals surface area contributed by atoms with Gasteiger partial charge in [0.05, 0.1) is 5.69 Å². The monoisotopic (exact) mass is 348 g/mol. The first-order valence-corrected chi connectivity index (χ1v) is 8.04. The van der Waals surface area contributed by atoms with E-state index in [1.165, 1.54) is 0 Å². The number of carbonyl (C=O) groups excluding carboxylic acids is 1. The maximum Gasteiger partial charge on any atom is 0.253 e. The van der Waals surface area contributed by atoms with E-state index in [9.17, 15) is 4.79 Å². The molecule has 5 nitrogen and oxygen atoms in total. The predicted molar refractivity (Wildman–Crippen MR) is 97.8 cm³/mol. The zero-order valence-electron chi connectivity index (χ0n) is 14.4. The van der Waals surface area contributed by atoms with Crippen molar-refractivity contribution in [2.45, 2.75) is 33.2 Å². The molecule has 1 unspecified atom stereocenters. The number of likely N-dealkylation sites (tertiary alicyclic amines) is 1. The van der Waals surface area contributed by atoms with Crippen LogP contribution in [0.15, 0.2) is 36.5 Å². The number of nitrogens with two attached hydrogens (primary N) is 1. The van der Waals surface area contributed by atoms with E-state index in [2.05, 4.69) is 18.9 Å². The highest BCUT2D eigenvalue weighted by atomic mass is 35.5. The number of aromatic nitrogens is 2. The van der Waals surface area contributed by atoms with Crippen LogP contribution in [0.5, 0.6) is 0 Å². The third-order valence-electron chi connectivity index (χ3n) is 4.79. The van der Waals surface area contributed by atoms with Gasteiger partial charge in [0, 0.05) is 36.6 Å². The van der Waals surface area contributed by atoms with Crippen molar-refractivity contribution < 1.29 is 4.79 Å². The molecule has 3 rings (SSSR count). The summed E-state index contributed by atoms with van der Waals surface area (Å²) in [4.78, 5) is 14.6. The number of aryl methyl sites for hydroxylation is 1. The van der Waals surface area contributed by atoms with Gasteiger partial charge < -0.3 is 10.6 Å². The molecule has 130 valence electrons. The van der Waals surface area contributed by atoms with Crippen molar-refractivity contribution in [2.24, 2.45) is 11.1 Å². The molecule has 6 heteroatoms. The normalized spacial score (nSPS) is 19.7. The predicted octanol–water partition coefficient (Wildman–Crippen LogP) is 2.80. The fourth-order valence-corrected chi connectivity index (χ4v) is 3.11. The van der Waals surface area contributed by atoms with E-state index in [4.69, 9.17) is 5.73 Å². The standard InChI is InChI=1S/C18H24N4O.ClH/c1-13-8-10-20-22(13)15-6-4-14(5-7-15)17(23)21-11-9-16(19)18(2,3)12-21;/h4-8,10,16H,9,11-12,19H2,1-3H3;1H. The lowest BCUT2D eigenvalue weighted by Crippen LogP contribution is -2.53. The summed E-state index contributed by atoms with van der Waals surface area (Å²) in [6.45, 7) is 7.68. The number of hydrogen-bond acceptors (Lipinski definition) is 3. The van der Waals surface area contributed by atoms with E-state index in [1.807, 2.05) is 46.8 Å². The Bertz CT molecular complexity index is 708. The van der Waals surface area contributed by atoms with E-state index in [-0.39, 0.29) is 29.8 Å². The minimum Gasteiger partial charge on any atom is -0.338 e. The number of piperidine rings is 1. The van der Waals surface area contributed by atoms with E-state index in [0.717, 1.165) is 24.3 Å². The van der Waals surface area contributed by atoms with Crippen molar-refractivity contribution in [2.75, 3.05) is 13.1 Å². The average molecular weight is 349 g/mol. The smallest absolute Gasteiger partial charge is 0.253 e. The first-order valence-electron chi connectivity index (χ1n) is 8.04. The summed E-state index contributed by atoms with van der Waals surface area (Å²) in [6.07, 6.45) is 2.62. The number of nitrogens with zero attached hydrogens (tertiary/aromatic N) is 3. The Kier molecular flexibility index (Phi) is 5.35. The van der Waals surface area contributed by atoms with Crippen LogP contribution in [0.2, 0.25) is 0 Å². The van der Waals surface area contributed by atoms with Gasteiger partial charge in [-0.05, 0) is 49.1 Å². The molecule has 1 saturated heterocycles. The second-order valence-electron chi connectivity index (χ2n) is 7.04. The van der Waals surface area contributed by atoms with Crippen LogP contribution in [0, 0.1) is 12.3 Å². The maximum absolute atomic E-state index is 12.7. The quantitative estimate of drug-likeness (QED) is 0.907. The van der Waals surface area contributed by atoms with Crippen molar-refractivity contribution in [1.82, 2.24) is 14.7 Å². The number of amides is 1. The Morgan fingerprint density at radius 1 is 1.25 bits per heavy atom. The van der Waals surface area contributed by atoms with Crippen molar-refractivity contribution in [3.63, 3.8) is 0 Å². The van der Waals surface area contributed by atoms with Gasteiger partial charge in [0.15, 0.2) is 0 Å². The molecule has 1 aliphatic heterocycles. The molecule has 0 saturated carbocycles. The second kappa shape index (κ2) is 6.95. The first-order chi connectivity index (χ1) is 10.9. The van der Waals surface area contributed by atoms with Gasteiger partial charge in [0.1, 0.15) is 0 Å². The van der Waals surface area contributed by atoms with Crippen LogP contribution in [0.3, 0.4) is 0 Å². The van der Waals surface area contributed by atoms with Crippen molar-refractivity contribution in [3.05, 3.63) is 47.8 Å². The fourth-order valence-electron chi connectivity index (χ4n) is 3.11. The van der Waals surface area contributed by atoms with E-state index >= 15 is 0 Å². The van der Waals surface area contributed by atoms with Crippen molar-refractivity contribution >= 4 is 18.3 Å². The summed E-state index contributed by atoms with van der Waals surface area (Å²) >= 11 is 0. The molecule has 0 bridgehead atoms. The minimum absolute atomic E-state index is 0. The molecule has 2 heterocycles. The Morgan fingerprint density at radius 2 is 1.92 bits per heavy atom. The highest BCUT2D eigenvalue weighted by Gasteiger charge is 2.35. The number of rotatable bonds is 2. The molecule has 1 amide bonds. The molecule has 24 heavy (non-hydrogen) atoms. The molecule has 1 atom stereocenters. The van der Waals surface area contributed by atoms with Crippen LogP contribution >= 0.6 is 12.4 Å². The van der Waals surface area contributed by atoms with Crippen molar-refractivity contribution in [3.8, 4) is 5.69 Å². The van der Waals surface area contributed by atoms with Gasteiger partial charge >= 0.3 is 0 Å². The van der Waals surface area contributed by atoms with Crippen LogP contribution in [0.1, 0.15) is 36.3 Å². The largest absolute Gasteiger partial charge is 0.338 e. The van der Waals surface area contributed by atoms with Crippen molar-refractivity contribution in [1.29, 1.82) is 0 Å². The molecular formula is C18H25ClN4O. The first kappa shape index (κ1) is 18.5. The number of halogens is 1. The number of hydrogen-bond donors (Lipinski definition) is 1. The third-order valence-corrected chi connectivity index (χ3v) is 4.79. The number of benzene rings is 1. The summed E-state index contributed by atoms with van der Waals surface area (Å²) in [7, 11) is 0. The van der Waals surface area contributed by atoms with Crippen LogP contribution in [-0.2, 0) is 0 Å². The summed E-state index contributed by atoms with van der Waals surface area (Å²) in [5.41, 5.74) is 8.85. The Hall–Kier alpha value is -1.85. The lowest BCUT2D eigenvalue weighted by molar-refractivity contribution is 0.0533. The summed E-state index contributed by atoms with van der Waals surface area (Å²) in [5, 5.41) is 4.29. The van der Waals surface area contributed by atoms with Gasteiger partial charge in [0.2, 0.25) is 0 Å². The van der Waals surface area contributed by atoms with Gasteiger partial charge in [-0.1, -0.05) is 13.8 Å². The van der Waals surface area contributed by atoms with Crippen LogP contribution in [0.25, 0.3) is 5.69 Å². The molecule has 2 aromatic rings. The Labute approximate surface area is 149 Å². The van der Waals surface area contributed by atoms with Gasteiger partial charge in [-0.3, -0.25) is 4.79 Å². The summed E-state index contributed by atoms with van der Waals surface area (Å²) in [6, 6.07) is 9.73. The van der Waals surface area contributed by atoms with Gasteiger partial charge in [0.25, 0.3) is 5.91 Å². The zero-order valence-corrected chi connectivity index (χ0v) is 15.2. The SMILES string of the molecule is Cc1ccnn1-c1ccc(C(=O)N2CCC(N)C(C)(C)C2)cc1.Cl. The van der Waals surface area contributed by atoms with Gasteiger partial charge in [-0.2, -0.15) is 5.10 Å². The van der Waals surface area contributed by atoms with E-state index < -0.39 is 0 Å². The lowest BCUT2D eigenvalue weighted by Gasteiger charge is -2.42. The van der Waals surface area contributed by atoms with E-state index in [1.54, 1.807) is 6.20 Å². The number of carbonyl (C=O) groups is 1. The van der Waals surface area contributed by atoms with Crippen LogP contribution < -0.4 is 5.73 Å². The minimum atomic E-state index is -0.0416. The lowest BCUT2D eigenvalue weighted by atomic mass is 9.79. The molecule has 0 radical (unpaired) electrons. The summed E-state index contributed by atoms with van der Waals surface area (Å²) < 4.78 is 1.86. The zero-order chi connectivity index (χ0) is 16.6. The molecular weight excluding hydrogens is 324 g/mol. The molecule has 1 aromatic carbocycles. The molecule has 1 fully saturated rings. The molecule has 1 aromatic heterocycles. The van der Waals surface area contributed by atoms with Gasteiger partial charge in [-0.15, -0.1) is 12.4 Å². The molecule has 0 spiro atoms. The second-order valence-corrected chi connectivity index (χ2v) is 7.04. The maximum atomic E-state index is 12.7. The van der Waals surface area contributed by atoms with Gasteiger partial charge in [-0.25, -0.2) is 4.68 Å². The van der Waals surface area contributed by atoms with E-state index in [0.29, 0.717) is 12.1 Å². The Morgan fingerprint density at radius 3 is 2.46 bits per heavy atom. The molecule has 2 N–H and O–H groups in total.